The average Bonchev–Trinajstić information content (AvgIpc) is 3.96. The molecule has 9 aromatic rings. The van der Waals surface area contributed by atoms with Crippen LogP contribution >= 0.6 is 0 Å². The summed E-state index contributed by atoms with van der Waals surface area (Å²) in [5, 5.41) is 5.41. The molecule has 5 nitrogen and oxygen atoms in total. The van der Waals surface area contributed by atoms with Gasteiger partial charge in [-0.15, -0.1) is 48.1 Å². The Kier molecular flexibility index (Phi) is 12.2. The Morgan fingerprint density at radius 2 is 1.10 bits per heavy atom. The van der Waals surface area contributed by atoms with Gasteiger partial charge in [0.1, 0.15) is 5.82 Å². The van der Waals surface area contributed by atoms with E-state index in [0.717, 1.165) is 34.1 Å². The quantitative estimate of drug-likeness (QED) is 0.118. The second-order valence-electron chi connectivity index (χ2n) is 24.8. The van der Waals surface area contributed by atoms with Gasteiger partial charge in [-0.1, -0.05) is 180 Å². The van der Waals surface area contributed by atoms with Crippen molar-refractivity contribution in [2.24, 2.45) is 0 Å². The van der Waals surface area contributed by atoms with Crippen molar-refractivity contribution in [2.75, 3.05) is 9.80 Å². The van der Waals surface area contributed by atoms with E-state index in [0.29, 0.717) is 11.5 Å². The van der Waals surface area contributed by atoms with Crippen LogP contribution < -0.4 is 24.9 Å². The Morgan fingerprint density at radius 1 is 0.507 bits per heavy atom. The second-order valence-corrected chi connectivity index (χ2v) is 29.1. The number of pyridine rings is 1. The van der Waals surface area contributed by atoms with Gasteiger partial charge in [-0.05, 0) is 103 Å². The van der Waals surface area contributed by atoms with E-state index < -0.39 is 8.07 Å². The number of para-hydroxylation sites is 2. The van der Waals surface area contributed by atoms with Crippen molar-refractivity contribution in [3.8, 4) is 39.6 Å². The molecular weight excluding hydrogens is 1090 g/mol. The molecule has 2 aliphatic rings. The summed E-state index contributed by atoms with van der Waals surface area (Å²) in [4.78, 5) is 9.65. The van der Waals surface area contributed by atoms with Crippen molar-refractivity contribution < 1.29 is 25.8 Å². The summed E-state index contributed by atoms with van der Waals surface area (Å²) in [6.45, 7) is 34.8. The number of rotatable bonds is 7. The van der Waals surface area contributed by atoms with Crippen LogP contribution in [0.15, 0.2) is 146 Å². The predicted octanol–water partition coefficient (Wildman–Crippen LogP) is 16.6. The molecule has 0 spiro atoms. The maximum Gasteiger partial charge on any atom is 0.135 e. The Morgan fingerprint density at radius 3 is 1.74 bits per heavy atom. The molecule has 0 aliphatic carbocycles. The number of hydrogen-bond donors (Lipinski definition) is 0. The number of hydrogen-bond acceptors (Lipinski definition) is 4. The van der Waals surface area contributed by atoms with E-state index in [4.69, 9.17) is 9.72 Å². The Labute approximate surface area is 449 Å². The summed E-state index contributed by atoms with van der Waals surface area (Å²) in [6.07, 6.45) is 1.94. The molecule has 7 heteroatoms. The van der Waals surface area contributed by atoms with E-state index in [-0.39, 0.29) is 42.7 Å². The van der Waals surface area contributed by atoms with Crippen LogP contribution in [0.25, 0.3) is 49.9 Å². The molecule has 0 N–H and O–H groups in total. The molecule has 374 valence electrons. The number of ether oxygens (including phenoxy) is 1. The Hall–Kier alpha value is -6.20. The van der Waals surface area contributed by atoms with Gasteiger partial charge in [0.25, 0.3) is 0 Å². The summed E-state index contributed by atoms with van der Waals surface area (Å²) < 4.78 is 9.27. The molecule has 4 heterocycles. The van der Waals surface area contributed by atoms with Crippen molar-refractivity contribution in [3.05, 3.63) is 187 Å². The zero-order valence-corrected chi connectivity index (χ0v) is 48.2. The van der Waals surface area contributed by atoms with Crippen molar-refractivity contribution in [2.45, 2.75) is 118 Å². The molecule has 0 fully saturated rings. The van der Waals surface area contributed by atoms with E-state index in [9.17, 15) is 0 Å². The normalized spacial score (nSPS) is 14.3. The van der Waals surface area contributed by atoms with Gasteiger partial charge in [0, 0.05) is 72.5 Å². The summed E-state index contributed by atoms with van der Waals surface area (Å²) in [5.41, 5.74) is 16.0. The molecule has 0 saturated carbocycles. The predicted molar refractivity (Wildman–Crippen MR) is 307 cm³/mol. The van der Waals surface area contributed by atoms with Crippen molar-refractivity contribution in [3.63, 3.8) is 0 Å². The molecule has 0 saturated heterocycles. The zero-order chi connectivity index (χ0) is 50.9. The maximum absolute atomic E-state index is 6.97. The van der Waals surface area contributed by atoms with Gasteiger partial charge in [0.15, 0.2) is 0 Å². The number of nitrogens with zero attached hydrogens (tertiary/aromatic N) is 4. The van der Waals surface area contributed by atoms with Crippen molar-refractivity contribution in [1.29, 1.82) is 0 Å². The zero-order valence-electron chi connectivity index (χ0n) is 44.9. The number of benzene rings is 7. The van der Waals surface area contributed by atoms with Crippen LogP contribution in [0.5, 0.6) is 11.5 Å². The van der Waals surface area contributed by atoms with Gasteiger partial charge in [0.05, 0.1) is 8.07 Å². The van der Waals surface area contributed by atoms with Crippen LogP contribution in [0.1, 0.15) is 105 Å². The molecule has 0 unspecified atom stereocenters. The standard InChI is InChI=1S/C66H67N4OSi.Pt/c1-63(2,3)44-30-31-67-59(37-44)70-55-28-21-29-57-60(55)61-56(70)39-50(40-58(61)72(57,13)14)71-49-25-20-24-48(38-49)68-41-69(54-27-19-18-26-53(54)68)62-51(42-22-16-15-17-23-42)35-47(66(10,11)12)36-52(62)43-32-45(64(4,5)6)34-46(33-43)65(7,8)9;/h15-37,40-41H,1-14H3;/q-3;. The topological polar surface area (TPSA) is 33.5 Å². The summed E-state index contributed by atoms with van der Waals surface area (Å²) in [5.74, 6) is 2.20. The molecule has 2 aromatic heterocycles. The molecule has 7 aromatic carbocycles. The fourth-order valence-corrected chi connectivity index (χ4v) is 13.8. The molecule has 0 atom stereocenters. The van der Waals surface area contributed by atoms with Gasteiger partial charge in [-0.3, -0.25) is 0 Å². The SMILES string of the molecule is CC(C)(C)c1cc(-c2cc(C(C)(C)C)cc(-c3ccccc3)c2N2[CH-]N(c3[c-]c(Oc4[c-]c5c6c(c4)[Si](C)(C)c4cccc(c46)n5-c4cc(C(C)(C)C)ccn4)ccc3)c3ccccc32)cc(C(C)(C)C)c1.[Pt]. The minimum atomic E-state index is -2.08. The summed E-state index contributed by atoms with van der Waals surface area (Å²) in [6, 6.07) is 58.9. The third-order valence-electron chi connectivity index (χ3n) is 15.1. The van der Waals surface area contributed by atoms with Crippen LogP contribution in [0.2, 0.25) is 13.1 Å². The van der Waals surface area contributed by atoms with Gasteiger partial charge in [-0.25, -0.2) is 4.98 Å². The maximum atomic E-state index is 6.97. The van der Waals surface area contributed by atoms with E-state index in [1.807, 2.05) is 12.3 Å². The molecule has 0 radical (unpaired) electrons. The van der Waals surface area contributed by atoms with Gasteiger partial charge in [0.2, 0.25) is 0 Å². The van der Waals surface area contributed by atoms with Crippen LogP contribution in [0, 0.1) is 18.8 Å². The smallest absolute Gasteiger partial charge is 0.135 e. The van der Waals surface area contributed by atoms with E-state index in [2.05, 4.69) is 263 Å². The molecule has 0 amide bonds. The van der Waals surface area contributed by atoms with Crippen molar-refractivity contribution in [1.82, 2.24) is 9.55 Å². The largest absolute Gasteiger partial charge is 0.509 e. The van der Waals surface area contributed by atoms with Crippen molar-refractivity contribution >= 4 is 63.0 Å². The number of aromatic nitrogens is 2. The van der Waals surface area contributed by atoms with Crippen LogP contribution in [-0.4, -0.2) is 17.6 Å². The number of fused-ring (bicyclic) bond motifs is 1. The first-order valence-electron chi connectivity index (χ1n) is 25.6. The van der Waals surface area contributed by atoms with Gasteiger partial charge in [-0.2, -0.15) is 11.3 Å². The second kappa shape index (κ2) is 17.7. The molecule has 11 rings (SSSR count). The Bertz CT molecular complexity index is 3590. The minimum Gasteiger partial charge on any atom is -0.509 e. The summed E-state index contributed by atoms with van der Waals surface area (Å²) in [7, 11) is -2.08. The van der Waals surface area contributed by atoms with Crippen LogP contribution in [0.4, 0.5) is 22.7 Å². The molecule has 73 heavy (non-hydrogen) atoms. The first-order chi connectivity index (χ1) is 34.0. The molecule has 0 bridgehead atoms. The third kappa shape index (κ3) is 8.76. The monoisotopic (exact) mass is 1150 g/mol. The van der Waals surface area contributed by atoms with E-state index in [1.54, 1.807) is 0 Å². The first-order valence-corrected chi connectivity index (χ1v) is 28.6. The van der Waals surface area contributed by atoms with Gasteiger partial charge < -0.3 is 19.1 Å². The summed E-state index contributed by atoms with van der Waals surface area (Å²) >= 11 is 0. The number of anilines is 4. The van der Waals surface area contributed by atoms with E-state index in [1.165, 1.54) is 71.2 Å². The molecular formula is C66H67N4OPtSi-3. The molecule has 2 aliphatic heterocycles. The van der Waals surface area contributed by atoms with Crippen LogP contribution in [-0.2, 0) is 42.7 Å². The average molecular weight is 1160 g/mol. The third-order valence-corrected chi connectivity index (χ3v) is 18.6. The Balaban J connectivity index is 0.00000611. The minimum absolute atomic E-state index is 0. The first kappa shape index (κ1) is 50.3. The fraction of sp³-hybridized carbons (Fsp3) is 0.273. The van der Waals surface area contributed by atoms with Gasteiger partial charge >= 0.3 is 0 Å². The van der Waals surface area contributed by atoms with E-state index >= 15 is 0 Å². The fourth-order valence-electron chi connectivity index (χ4n) is 10.8. The van der Waals surface area contributed by atoms with Crippen LogP contribution in [0.3, 0.4) is 0 Å².